The second kappa shape index (κ2) is 10.2. The van der Waals surface area contributed by atoms with Crippen LogP contribution in [-0.2, 0) is 6.42 Å². The summed E-state index contributed by atoms with van der Waals surface area (Å²) in [5, 5.41) is 2.96. The third-order valence-corrected chi connectivity index (χ3v) is 5.74. The third kappa shape index (κ3) is 5.56. The van der Waals surface area contributed by atoms with Gasteiger partial charge in [-0.25, -0.2) is 9.78 Å². The van der Waals surface area contributed by atoms with Gasteiger partial charge in [0.05, 0.1) is 12.8 Å². The van der Waals surface area contributed by atoms with Crippen molar-refractivity contribution < 1.29 is 9.53 Å². The molecule has 0 unspecified atom stereocenters. The van der Waals surface area contributed by atoms with Crippen molar-refractivity contribution in [1.29, 1.82) is 0 Å². The highest BCUT2D eigenvalue weighted by Gasteiger charge is 2.21. The lowest BCUT2D eigenvalue weighted by Gasteiger charge is -2.34. The standard InChI is InChI=1S/C25H29N5O2/c1-32-22-11-9-21(10-12-22)27-25(31)30-17-15-29(16-18-30)14-13-19-5-7-20(8-6-19)23-3-2-4-24(26)28-23/h2-12H,13-18H2,1H3,(H2,26,28)(H,27,31). The number of nitrogen functional groups attached to an aromatic ring is 1. The van der Waals surface area contributed by atoms with Gasteiger partial charge in [-0.05, 0) is 48.4 Å². The van der Waals surface area contributed by atoms with Crippen LogP contribution in [0.2, 0.25) is 0 Å². The van der Waals surface area contributed by atoms with E-state index in [0.29, 0.717) is 5.82 Å². The molecular formula is C25H29N5O2. The maximum Gasteiger partial charge on any atom is 0.321 e. The zero-order valence-corrected chi connectivity index (χ0v) is 18.3. The van der Waals surface area contributed by atoms with Crippen molar-refractivity contribution in [2.45, 2.75) is 6.42 Å². The Morgan fingerprint density at radius 1 is 1.00 bits per heavy atom. The van der Waals surface area contributed by atoms with Gasteiger partial charge in [-0.3, -0.25) is 4.90 Å². The van der Waals surface area contributed by atoms with E-state index in [4.69, 9.17) is 10.5 Å². The number of carbonyl (C=O) groups excluding carboxylic acids is 1. The highest BCUT2D eigenvalue weighted by Crippen LogP contribution is 2.19. The molecule has 1 aliphatic rings. The van der Waals surface area contributed by atoms with E-state index in [2.05, 4.69) is 39.5 Å². The summed E-state index contributed by atoms with van der Waals surface area (Å²) >= 11 is 0. The number of aromatic nitrogens is 1. The van der Waals surface area contributed by atoms with Crippen LogP contribution in [-0.4, -0.2) is 60.6 Å². The molecule has 3 N–H and O–H groups in total. The van der Waals surface area contributed by atoms with Crippen molar-refractivity contribution in [1.82, 2.24) is 14.8 Å². The predicted octanol–water partition coefficient (Wildman–Crippen LogP) is 3.73. The molecule has 1 saturated heterocycles. The zero-order valence-electron chi connectivity index (χ0n) is 18.3. The van der Waals surface area contributed by atoms with Crippen LogP contribution in [0.4, 0.5) is 16.3 Å². The molecule has 4 rings (SSSR count). The van der Waals surface area contributed by atoms with Gasteiger partial charge in [0, 0.05) is 44.0 Å². The molecule has 3 aromatic rings. The monoisotopic (exact) mass is 431 g/mol. The Kier molecular flexibility index (Phi) is 6.87. The number of nitrogens with two attached hydrogens (primary N) is 1. The Balaban J connectivity index is 1.22. The molecule has 166 valence electrons. The first-order chi connectivity index (χ1) is 15.6. The van der Waals surface area contributed by atoms with Crippen LogP contribution in [0.5, 0.6) is 5.75 Å². The number of piperazine rings is 1. The molecule has 1 aromatic heterocycles. The van der Waals surface area contributed by atoms with Gasteiger partial charge in [0.2, 0.25) is 0 Å². The lowest BCUT2D eigenvalue weighted by atomic mass is 10.1. The third-order valence-electron chi connectivity index (χ3n) is 5.74. The summed E-state index contributed by atoms with van der Waals surface area (Å²) in [6.45, 7) is 4.18. The number of nitrogens with zero attached hydrogens (tertiary/aromatic N) is 3. The van der Waals surface area contributed by atoms with Crippen molar-refractivity contribution in [2.24, 2.45) is 0 Å². The molecule has 2 heterocycles. The number of hydrogen-bond acceptors (Lipinski definition) is 5. The number of methoxy groups -OCH3 is 1. The summed E-state index contributed by atoms with van der Waals surface area (Å²) in [5.74, 6) is 1.30. The SMILES string of the molecule is COc1ccc(NC(=O)N2CCN(CCc3ccc(-c4cccc(N)n4)cc3)CC2)cc1. The molecule has 0 bridgehead atoms. The fraction of sp³-hybridized carbons (Fsp3) is 0.280. The van der Waals surface area contributed by atoms with Gasteiger partial charge >= 0.3 is 6.03 Å². The van der Waals surface area contributed by atoms with E-state index >= 15 is 0 Å². The number of rotatable bonds is 6. The van der Waals surface area contributed by atoms with Crippen LogP contribution in [0, 0.1) is 0 Å². The summed E-state index contributed by atoms with van der Waals surface area (Å²) < 4.78 is 5.15. The van der Waals surface area contributed by atoms with E-state index in [1.165, 1.54) is 5.56 Å². The van der Waals surface area contributed by atoms with Gasteiger partial charge in [-0.15, -0.1) is 0 Å². The number of pyridine rings is 1. The molecule has 32 heavy (non-hydrogen) atoms. The Labute approximate surface area is 188 Å². The molecule has 0 radical (unpaired) electrons. The highest BCUT2D eigenvalue weighted by molar-refractivity contribution is 5.89. The van der Waals surface area contributed by atoms with Gasteiger partial charge < -0.3 is 20.7 Å². The summed E-state index contributed by atoms with van der Waals surface area (Å²) in [6, 6.07) is 21.5. The summed E-state index contributed by atoms with van der Waals surface area (Å²) in [4.78, 5) is 21.2. The lowest BCUT2D eigenvalue weighted by Crippen LogP contribution is -2.50. The number of carbonyl (C=O) groups is 1. The van der Waals surface area contributed by atoms with Gasteiger partial charge in [-0.1, -0.05) is 30.3 Å². The fourth-order valence-corrected chi connectivity index (χ4v) is 3.79. The maximum atomic E-state index is 12.5. The van der Waals surface area contributed by atoms with Crippen molar-refractivity contribution >= 4 is 17.5 Å². The van der Waals surface area contributed by atoms with Gasteiger partial charge in [0.1, 0.15) is 11.6 Å². The predicted molar refractivity (Wildman–Crippen MR) is 128 cm³/mol. The number of amides is 2. The van der Waals surface area contributed by atoms with Crippen molar-refractivity contribution in [3.05, 3.63) is 72.3 Å². The second-order valence-corrected chi connectivity index (χ2v) is 7.88. The molecule has 0 spiro atoms. The Hall–Kier alpha value is -3.58. The van der Waals surface area contributed by atoms with Crippen molar-refractivity contribution in [3.63, 3.8) is 0 Å². The van der Waals surface area contributed by atoms with Crippen LogP contribution in [0.15, 0.2) is 66.7 Å². The van der Waals surface area contributed by atoms with E-state index in [9.17, 15) is 4.79 Å². The lowest BCUT2D eigenvalue weighted by molar-refractivity contribution is 0.148. The Bertz CT molecular complexity index is 1030. The van der Waals surface area contributed by atoms with E-state index in [1.807, 2.05) is 41.3 Å². The number of benzene rings is 2. The number of ether oxygens (including phenoxy) is 1. The number of nitrogens with one attached hydrogen (secondary N) is 1. The summed E-state index contributed by atoms with van der Waals surface area (Å²) in [6.07, 6.45) is 0.975. The van der Waals surface area contributed by atoms with Crippen LogP contribution in [0.25, 0.3) is 11.3 Å². The molecular weight excluding hydrogens is 402 g/mol. The molecule has 1 aliphatic heterocycles. The minimum Gasteiger partial charge on any atom is -0.497 e. The van der Waals surface area contributed by atoms with Gasteiger partial charge in [0.25, 0.3) is 0 Å². The maximum absolute atomic E-state index is 12.5. The quantitative estimate of drug-likeness (QED) is 0.621. The molecule has 1 fully saturated rings. The van der Waals surface area contributed by atoms with Crippen LogP contribution < -0.4 is 15.8 Å². The van der Waals surface area contributed by atoms with E-state index in [1.54, 1.807) is 13.2 Å². The highest BCUT2D eigenvalue weighted by atomic mass is 16.5. The first-order valence-electron chi connectivity index (χ1n) is 10.8. The van der Waals surface area contributed by atoms with Crippen molar-refractivity contribution in [3.8, 4) is 17.0 Å². The largest absolute Gasteiger partial charge is 0.497 e. The van der Waals surface area contributed by atoms with Crippen molar-refractivity contribution in [2.75, 3.05) is 50.9 Å². The van der Waals surface area contributed by atoms with Gasteiger partial charge in [-0.2, -0.15) is 0 Å². The number of anilines is 2. The average Bonchev–Trinajstić information content (AvgIpc) is 2.84. The first-order valence-corrected chi connectivity index (χ1v) is 10.8. The summed E-state index contributed by atoms with van der Waals surface area (Å²) in [5.41, 5.74) is 9.80. The van der Waals surface area contributed by atoms with Crippen LogP contribution >= 0.6 is 0 Å². The minimum atomic E-state index is -0.0550. The van der Waals surface area contributed by atoms with E-state index in [-0.39, 0.29) is 6.03 Å². The fourth-order valence-electron chi connectivity index (χ4n) is 3.79. The first kappa shape index (κ1) is 21.6. The molecule has 0 saturated carbocycles. The molecule has 0 aliphatic carbocycles. The molecule has 0 atom stereocenters. The molecule has 2 aromatic carbocycles. The molecule has 7 heteroatoms. The number of hydrogen-bond donors (Lipinski definition) is 2. The van der Waals surface area contributed by atoms with Crippen LogP contribution in [0.3, 0.4) is 0 Å². The van der Waals surface area contributed by atoms with E-state index in [0.717, 1.165) is 61.8 Å². The zero-order chi connectivity index (χ0) is 22.3. The normalized spacial score (nSPS) is 14.2. The Morgan fingerprint density at radius 3 is 2.38 bits per heavy atom. The molecule has 7 nitrogen and oxygen atoms in total. The second-order valence-electron chi connectivity index (χ2n) is 7.88. The Morgan fingerprint density at radius 2 is 1.72 bits per heavy atom. The van der Waals surface area contributed by atoms with Crippen LogP contribution in [0.1, 0.15) is 5.56 Å². The number of urea groups is 1. The minimum absolute atomic E-state index is 0.0550. The smallest absolute Gasteiger partial charge is 0.321 e. The summed E-state index contributed by atoms with van der Waals surface area (Å²) in [7, 11) is 1.63. The molecule has 2 amide bonds. The van der Waals surface area contributed by atoms with E-state index < -0.39 is 0 Å². The topological polar surface area (TPSA) is 83.7 Å². The average molecular weight is 432 g/mol. The van der Waals surface area contributed by atoms with Gasteiger partial charge in [0.15, 0.2) is 0 Å².